The monoisotopic (exact) mass is 500 g/mol. The van der Waals surface area contributed by atoms with E-state index in [1.54, 1.807) is 12.1 Å². The minimum Gasteiger partial charge on any atom is -0.381 e. The van der Waals surface area contributed by atoms with E-state index in [2.05, 4.69) is 40.0 Å². The molecule has 2 aromatic carbocycles. The lowest BCUT2D eigenvalue weighted by Crippen LogP contribution is -2.58. The van der Waals surface area contributed by atoms with E-state index in [1.807, 2.05) is 30.3 Å². The molecule has 1 aliphatic rings. The lowest BCUT2D eigenvalue weighted by Gasteiger charge is -2.32. The summed E-state index contributed by atoms with van der Waals surface area (Å²) in [6.07, 6.45) is 1.31. The molecule has 148 valence electrons. The average molecular weight is 500 g/mol. The van der Waals surface area contributed by atoms with Gasteiger partial charge in [0.2, 0.25) is 5.91 Å². The summed E-state index contributed by atoms with van der Waals surface area (Å²) in [6, 6.07) is 17.0. The molecule has 29 heavy (non-hydrogen) atoms. The Bertz CT molecular complexity index is 970. The average Bonchev–Trinajstić information content (AvgIpc) is 2.75. The van der Waals surface area contributed by atoms with Gasteiger partial charge in [0.1, 0.15) is 6.04 Å². The van der Waals surface area contributed by atoms with E-state index in [0.29, 0.717) is 38.0 Å². The molecule has 0 saturated carbocycles. The third-order valence-corrected chi connectivity index (χ3v) is 6.13. The summed E-state index contributed by atoms with van der Waals surface area (Å²) in [4.78, 5) is 12.6. The summed E-state index contributed by atoms with van der Waals surface area (Å²) in [5.41, 5.74) is 8.89. The zero-order valence-corrected chi connectivity index (χ0v) is 18.0. The first kappa shape index (κ1) is 21.3. The van der Waals surface area contributed by atoms with Crippen molar-refractivity contribution in [2.75, 3.05) is 13.2 Å². The highest BCUT2D eigenvalue weighted by Crippen LogP contribution is 2.25. The molecule has 6 nitrogen and oxygen atoms in total. The smallest absolute Gasteiger partial charge is 0.241 e. The van der Waals surface area contributed by atoms with E-state index in [0.717, 1.165) is 20.3 Å². The number of hydrogen-bond acceptors (Lipinski definition) is 5. The summed E-state index contributed by atoms with van der Waals surface area (Å²) < 4.78 is 6.28. The Morgan fingerprint density at radius 2 is 1.83 bits per heavy atom. The van der Waals surface area contributed by atoms with Crippen LogP contribution < -0.4 is 11.1 Å². The second-order valence-electron chi connectivity index (χ2n) is 7.12. The molecule has 1 atom stereocenters. The lowest BCUT2D eigenvalue weighted by atomic mass is 9.90. The van der Waals surface area contributed by atoms with Crippen LogP contribution in [0.2, 0.25) is 0 Å². The van der Waals surface area contributed by atoms with Gasteiger partial charge in [-0.1, -0.05) is 24.3 Å². The molecule has 1 saturated heterocycles. The molecule has 0 radical (unpaired) electrons. The SMILES string of the molecule is N#Cc1ccc(-c2ccc(C[C@@H](C#N)NC(=O)C3(N)CCOCC3)c(I)c2)cc1. The Morgan fingerprint density at radius 1 is 1.17 bits per heavy atom. The van der Waals surface area contributed by atoms with Gasteiger partial charge in [-0.25, -0.2) is 0 Å². The Labute approximate surface area is 183 Å². The topological polar surface area (TPSA) is 112 Å². The number of rotatable bonds is 5. The number of amides is 1. The van der Waals surface area contributed by atoms with E-state index >= 15 is 0 Å². The fourth-order valence-corrected chi connectivity index (χ4v) is 3.98. The van der Waals surface area contributed by atoms with Crippen molar-refractivity contribution in [2.24, 2.45) is 5.73 Å². The van der Waals surface area contributed by atoms with Gasteiger partial charge in [0.05, 0.1) is 23.2 Å². The molecule has 7 heteroatoms. The number of nitrogens with zero attached hydrogens (tertiary/aromatic N) is 2. The third-order valence-electron chi connectivity index (χ3n) is 5.12. The summed E-state index contributed by atoms with van der Waals surface area (Å²) in [5, 5.41) is 21.3. The molecule has 0 unspecified atom stereocenters. The molecule has 0 aliphatic carbocycles. The van der Waals surface area contributed by atoms with Gasteiger partial charge >= 0.3 is 0 Å². The van der Waals surface area contributed by atoms with Gasteiger partial charge < -0.3 is 15.8 Å². The number of carbonyl (C=O) groups is 1. The fourth-order valence-electron chi connectivity index (χ4n) is 3.24. The van der Waals surface area contributed by atoms with Crippen LogP contribution in [0.5, 0.6) is 0 Å². The third kappa shape index (κ3) is 5.13. The van der Waals surface area contributed by atoms with Crippen molar-refractivity contribution in [1.82, 2.24) is 5.32 Å². The second-order valence-corrected chi connectivity index (χ2v) is 8.29. The van der Waals surface area contributed by atoms with Gasteiger partial charge in [-0.15, -0.1) is 0 Å². The number of nitriles is 2. The first-order chi connectivity index (χ1) is 13.9. The molecule has 1 amide bonds. The minimum absolute atomic E-state index is 0.295. The van der Waals surface area contributed by atoms with Crippen molar-refractivity contribution >= 4 is 28.5 Å². The summed E-state index contributed by atoms with van der Waals surface area (Å²) in [5.74, 6) is -0.295. The van der Waals surface area contributed by atoms with Crippen molar-refractivity contribution in [3.63, 3.8) is 0 Å². The van der Waals surface area contributed by atoms with Crippen LogP contribution in [0.1, 0.15) is 24.0 Å². The van der Waals surface area contributed by atoms with Crippen molar-refractivity contribution < 1.29 is 9.53 Å². The maximum absolute atomic E-state index is 12.6. The van der Waals surface area contributed by atoms with Gasteiger partial charge in [-0.2, -0.15) is 10.5 Å². The van der Waals surface area contributed by atoms with Crippen molar-refractivity contribution in [3.05, 3.63) is 57.2 Å². The Hall–Kier alpha value is -2.46. The van der Waals surface area contributed by atoms with Crippen LogP contribution in [0.15, 0.2) is 42.5 Å². The molecule has 1 heterocycles. The van der Waals surface area contributed by atoms with Crippen LogP contribution in [-0.4, -0.2) is 30.7 Å². The standard InChI is InChI=1S/C22H21IN4O2/c23-20-12-17(16-3-1-15(13-24)2-4-16)5-6-18(20)11-19(14-25)27-21(28)22(26)7-9-29-10-8-22/h1-6,12,19H,7-11,26H2,(H,27,28)/t19-/m0/s1. The van der Waals surface area contributed by atoms with Gasteiger partial charge in [-0.3, -0.25) is 4.79 Å². The lowest BCUT2D eigenvalue weighted by molar-refractivity contribution is -0.130. The molecular formula is C22H21IN4O2. The predicted octanol–water partition coefficient (Wildman–Crippen LogP) is 2.89. The number of halogens is 1. The number of carbonyl (C=O) groups excluding carboxylic acids is 1. The number of nitrogens with one attached hydrogen (secondary N) is 1. The molecule has 2 aromatic rings. The van der Waals surface area contributed by atoms with E-state index in [4.69, 9.17) is 15.7 Å². The van der Waals surface area contributed by atoms with Gasteiger partial charge in [-0.05, 0) is 70.3 Å². The quantitative estimate of drug-likeness (QED) is 0.614. The van der Waals surface area contributed by atoms with E-state index in [9.17, 15) is 10.1 Å². The van der Waals surface area contributed by atoms with E-state index in [-0.39, 0.29) is 5.91 Å². The number of hydrogen-bond donors (Lipinski definition) is 2. The molecule has 1 aliphatic heterocycles. The summed E-state index contributed by atoms with van der Waals surface area (Å²) >= 11 is 2.24. The molecule has 3 N–H and O–H groups in total. The van der Waals surface area contributed by atoms with Crippen LogP contribution in [0.4, 0.5) is 0 Å². The Kier molecular flexibility index (Phi) is 6.86. The highest BCUT2D eigenvalue weighted by atomic mass is 127. The zero-order valence-electron chi connectivity index (χ0n) is 15.8. The summed E-state index contributed by atoms with van der Waals surface area (Å²) in [6.45, 7) is 0.908. The second kappa shape index (κ2) is 9.36. The van der Waals surface area contributed by atoms with Gasteiger partial charge in [0.25, 0.3) is 0 Å². The number of nitrogens with two attached hydrogens (primary N) is 1. The molecule has 0 aromatic heterocycles. The van der Waals surface area contributed by atoms with Crippen LogP contribution >= 0.6 is 22.6 Å². The predicted molar refractivity (Wildman–Crippen MR) is 118 cm³/mol. The maximum atomic E-state index is 12.6. The number of benzene rings is 2. The van der Waals surface area contributed by atoms with Gasteiger partial charge in [0, 0.05) is 23.2 Å². The van der Waals surface area contributed by atoms with E-state index < -0.39 is 11.6 Å². The van der Waals surface area contributed by atoms with E-state index in [1.165, 1.54) is 0 Å². The first-order valence-electron chi connectivity index (χ1n) is 9.31. The van der Waals surface area contributed by atoms with Crippen LogP contribution in [0.3, 0.4) is 0 Å². The Morgan fingerprint density at radius 3 is 2.41 bits per heavy atom. The van der Waals surface area contributed by atoms with Crippen molar-refractivity contribution in [3.8, 4) is 23.3 Å². The number of ether oxygens (including phenoxy) is 1. The normalized spacial score (nSPS) is 16.3. The largest absolute Gasteiger partial charge is 0.381 e. The van der Waals surface area contributed by atoms with Crippen molar-refractivity contribution in [1.29, 1.82) is 10.5 Å². The minimum atomic E-state index is -0.972. The van der Waals surface area contributed by atoms with Crippen molar-refractivity contribution in [2.45, 2.75) is 30.8 Å². The Balaban J connectivity index is 1.70. The molecular weight excluding hydrogens is 479 g/mol. The maximum Gasteiger partial charge on any atom is 0.241 e. The first-order valence-corrected chi connectivity index (χ1v) is 10.4. The zero-order chi connectivity index (χ0) is 20.9. The molecule has 0 spiro atoms. The molecule has 1 fully saturated rings. The summed E-state index contributed by atoms with van der Waals surface area (Å²) in [7, 11) is 0. The van der Waals surface area contributed by atoms with Crippen LogP contribution in [0.25, 0.3) is 11.1 Å². The molecule has 3 rings (SSSR count). The fraction of sp³-hybridized carbons (Fsp3) is 0.318. The highest BCUT2D eigenvalue weighted by molar-refractivity contribution is 14.1. The van der Waals surface area contributed by atoms with Gasteiger partial charge in [0.15, 0.2) is 0 Å². The molecule has 0 bridgehead atoms. The van der Waals surface area contributed by atoms with Crippen LogP contribution in [0, 0.1) is 26.2 Å². The van der Waals surface area contributed by atoms with Crippen LogP contribution in [-0.2, 0) is 16.0 Å². The highest BCUT2D eigenvalue weighted by Gasteiger charge is 2.36.